The number of ether oxygens (including phenoxy) is 2. The largest absolute Gasteiger partial charge is 0.495 e. The molecule has 0 spiro atoms. The Hall–Kier alpha value is -3.05. The van der Waals surface area contributed by atoms with Gasteiger partial charge in [0, 0.05) is 36.8 Å². The number of amides is 1. The third-order valence-electron chi connectivity index (χ3n) is 7.10. The summed E-state index contributed by atoms with van der Waals surface area (Å²) in [6, 6.07) is 13.7. The van der Waals surface area contributed by atoms with Crippen molar-refractivity contribution in [1.29, 1.82) is 0 Å². The lowest BCUT2D eigenvalue weighted by Gasteiger charge is -2.39. The molecule has 2 aromatic carbocycles. The van der Waals surface area contributed by atoms with E-state index in [0.717, 1.165) is 47.6 Å². The van der Waals surface area contributed by atoms with Gasteiger partial charge in [0.2, 0.25) is 5.91 Å². The maximum atomic E-state index is 13.4. The molecule has 5 rings (SSSR count). The van der Waals surface area contributed by atoms with Crippen LogP contribution in [0.2, 0.25) is 0 Å². The number of benzene rings is 2. The Bertz CT molecular complexity index is 1100. The van der Waals surface area contributed by atoms with Crippen LogP contribution in [0.4, 0.5) is 5.69 Å². The summed E-state index contributed by atoms with van der Waals surface area (Å²) in [4.78, 5) is 17.5. The highest BCUT2D eigenvalue weighted by molar-refractivity contribution is 5.80. The maximum Gasteiger partial charge on any atom is 0.237 e. The molecule has 0 unspecified atom stereocenters. The zero-order valence-corrected chi connectivity index (χ0v) is 19.5. The first-order valence-corrected chi connectivity index (χ1v) is 11.9. The number of morpholine rings is 1. The van der Waals surface area contributed by atoms with Gasteiger partial charge in [0.05, 0.1) is 51.1 Å². The summed E-state index contributed by atoms with van der Waals surface area (Å²) in [6.45, 7) is 4.07. The van der Waals surface area contributed by atoms with Gasteiger partial charge >= 0.3 is 0 Å². The van der Waals surface area contributed by atoms with Gasteiger partial charge < -0.3 is 24.8 Å². The average Bonchev–Trinajstić information content (AvgIpc) is 3.33. The van der Waals surface area contributed by atoms with Crippen LogP contribution < -0.4 is 10.1 Å². The number of nitrogens with zero attached hydrogens (tertiary/aromatic N) is 2. The fraction of sp³-hybridized carbons (Fsp3) is 0.444. The number of hydrogen-bond donors (Lipinski definition) is 2. The number of aliphatic hydroxyl groups is 1. The van der Waals surface area contributed by atoms with Crippen LogP contribution in [0.15, 0.2) is 42.5 Å². The van der Waals surface area contributed by atoms with Crippen LogP contribution in [0.1, 0.15) is 29.2 Å². The second-order valence-corrected chi connectivity index (χ2v) is 9.06. The van der Waals surface area contributed by atoms with Gasteiger partial charge in [-0.05, 0) is 42.3 Å². The van der Waals surface area contributed by atoms with E-state index in [1.807, 2.05) is 41.3 Å². The summed E-state index contributed by atoms with van der Waals surface area (Å²) >= 11 is 0. The molecule has 3 aliphatic heterocycles. The summed E-state index contributed by atoms with van der Waals surface area (Å²) in [7, 11) is 1.64. The van der Waals surface area contributed by atoms with Gasteiger partial charge in [-0.3, -0.25) is 9.69 Å². The molecule has 1 amide bonds. The molecule has 178 valence electrons. The highest BCUT2D eigenvalue weighted by Crippen LogP contribution is 2.46. The van der Waals surface area contributed by atoms with Gasteiger partial charge in [-0.25, -0.2) is 0 Å². The van der Waals surface area contributed by atoms with E-state index in [0.29, 0.717) is 26.3 Å². The number of carbonyl (C=O) groups excluding carboxylic acids is 1. The van der Waals surface area contributed by atoms with Crippen molar-refractivity contribution in [1.82, 2.24) is 9.80 Å². The minimum atomic E-state index is -0.0656. The van der Waals surface area contributed by atoms with Crippen molar-refractivity contribution in [2.75, 3.05) is 58.4 Å². The smallest absolute Gasteiger partial charge is 0.237 e. The second kappa shape index (κ2) is 10.1. The lowest BCUT2D eigenvalue weighted by atomic mass is 9.82. The first-order chi connectivity index (χ1) is 16.7. The van der Waals surface area contributed by atoms with Crippen LogP contribution in [-0.2, 0) is 9.53 Å². The lowest BCUT2D eigenvalue weighted by Crippen LogP contribution is -2.47. The Morgan fingerprint density at radius 2 is 2.00 bits per heavy atom. The zero-order valence-electron chi connectivity index (χ0n) is 19.5. The first-order valence-electron chi connectivity index (χ1n) is 11.9. The Morgan fingerprint density at radius 3 is 2.79 bits per heavy atom. The molecule has 7 heteroatoms. The number of hydrogen-bond acceptors (Lipinski definition) is 6. The molecule has 0 saturated carbocycles. The van der Waals surface area contributed by atoms with Crippen LogP contribution in [0, 0.1) is 17.8 Å². The molecule has 3 heterocycles. The van der Waals surface area contributed by atoms with Crippen molar-refractivity contribution in [3.63, 3.8) is 0 Å². The third-order valence-corrected chi connectivity index (χ3v) is 7.10. The van der Waals surface area contributed by atoms with Crippen LogP contribution in [0.3, 0.4) is 0 Å². The van der Waals surface area contributed by atoms with E-state index in [-0.39, 0.29) is 30.5 Å². The van der Waals surface area contributed by atoms with Gasteiger partial charge in [0.15, 0.2) is 0 Å². The second-order valence-electron chi connectivity index (χ2n) is 9.06. The van der Waals surface area contributed by atoms with Crippen molar-refractivity contribution < 1.29 is 19.4 Å². The number of anilines is 1. The number of methoxy groups -OCH3 is 1. The Morgan fingerprint density at radius 1 is 1.18 bits per heavy atom. The van der Waals surface area contributed by atoms with Gasteiger partial charge in [-0.15, -0.1) is 0 Å². The minimum absolute atomic E-state index is 0.0431. The molecule has 2 aromatic rings. The molecule has 3 atom stereocenters. The van der Waals surface area contributed by atoms with Crippen LogP contribution in [-0.4, -0.2) is 80.0 Å². The molecular formula is C27H31N3O4. The summed E-state index contributed by atoms with van der Waals surface area (Å²) in [6.07, 6.45) is 0.869. The number of carbonyl (C=O) groups is 1. The molecule has 2 saturated heterocycles. The number of para-hydroxylation sites is 1. The molecule has 2 fully saturated rings. The third kappa shape index (κ3) is 4.49. The minimum Gasteiger partial charge on any atom is -0.495 e. The number of nitrogens with one attached hydrogen (secondary N) is 1. The molecule has 7 nitrogen and oxygen atoms in total. The molecule has 0 aromatic heterocycles. The van der Waals surface area contributed by atoms with Crippen molar-refractivity contribution in [2.45, 2.75) is 18.5 Å². The Labute approximate surface area is 200 Å². The average molecular weight is 462 g/mol. The number of fused-ring (bicyclic) bond motifs is 3. The van der Waals surface area contributed by atoms with E-state index < -0.39 is 0 Å². The summed E-state index contributed by atoms with van der Waals surface area (Å²) in [5, 5.41) is 13.5. The van der Waals surface area contributed by atoms with Crippen LogP contribution in [0.25, 0.3) is 0 Å². The molecule has 0 bridgehead atoms. The lowest BCUT2D eigenvalue weighted by molar-refractivity contribution is -0.134. The standard InChI is InChI=1S/C27H31N3O4/c1-33-25-5-3-2-4-20(25)8-6-19-7-9-23-22(16-19)27-21(24(18-31)28-23)10-11-30(27)26(32)17-29-12-14-34-15-13-29/h2-5,7,9,16,21,24,27-28,31H,10-15,17-18H2,1H3/t21-,24-,27-/m0/s1. The van der Waals surface area contributed by atoms with Gasteiger partial charge in [-0.1, -0.05) is 24.0 Å². The molecular weight excluding hydrogens is 430 g/mol. The van der Waals surface area contributed by atoms with Crippen molar-refractivity contribution in [2.24, 2.45) is 5.92 Å². The Kier molecular flexibility index (Phi) is 6.73. The highest BCUT2D eigenvalue weighted by atomic mass is 16.5. The molecule has 34 heavy (non-hydrogen) atoms. The monoisotopic (exact) mass is 461 g/mol. The van der Waals surface area contributed by atoms with Crippen LogP contribution in [0.5, 0.6) is 5.75 Å². The van der Waals surface area contributed by atoms with Gasteiger partial charge in [0.25, 0.3) is 0 Å². The van der Waals surface area contributed by atoms with E-state index in [1.165, 1.54) is 0 Å². The maximum absolute atomic E-state index is 13.4. The van der Waals surface area contributed by atoms with E-state index in [9.17, 15) is 9.90 Å². The summed E-state index contributed by atoms with van der Waals surface area (Å²) in [5.74, 6) is 7.55. The predicted molar refractivity (Wildman–Crippen MR) is 130 cm³/mol. The molecule has 3 aliphatic rings. The first kappa shape index (κ1) is 22.7. The topological polar surface area (TPSA) is 74.3 Å². The fourth-order valence-electron chi connectivity index (χ4n) is 5.35. The summed E-state index contributed by atoms with van der Waals surface area (Å²) in [5.41, 5.74) is 3.77. The number of aliphatic hydroxyl groups excluding tert-OH is 1. The van der Waals surface area contributed by atoms with E-state index in [1.54, 1.807) is 7.11 Å². The number of likely N-dealkylation sites (tertiary alicyclic amines) is 1. The fourth-order valence-corrected chi connectivity index (χ4v) is 5.35. The predicted octanol–water partition coefficient (Wildman–Crippen LogP) is 2.10. The van der Waals surface area contributed by atoms with E-state index >= 15 is 0 Å². The van der Waals surface area contributed by atoms with Gasteiger partial charge in [0.1, 0.15) is 5.75 Å². The SMILES string of the molecule is COc1ccccc1C#Cc1ccc2c(c1)[C@@H]1[C@@H](CCN1C(=O)CN1CCOCC1)[C@H](CO)N2. The van der Waals surface area contributed by atoms with Crippen molar-refractivity contribution in [3.05, 3.63) is 59.2 Å². The molecule has 2 N–H and O–H groups in total. The molecule has 0 radical (unpaired) electrons. The Balaban J connectivity index is 1.44. The van der Waals surface area contributed by atoms with E-state index in [4.69, 9.17) is 9.47 Å². The molecule has 0 aliphatic carbocycles. The van der Waals surface area contributed by atoms with Crippen LogP contribution >= 0.6 is 0 Å². The van der Waals surface area contributed by atoms with Gasteiger partial charge in [-0.2, -0.15) is 0 Å². The number of rotatable bonds is 4. The zero-order chi connectivity index (χ0) is 23.5. The van der Waals surface area contributed by atoms with Crippen molar-refractivity contribution in [3.8, 4) is 17.6 Å². The normalized spacial score (nSPS) is 23.8. The quantitative estimate of drug-likeness (QED) is 0.680. The highest BCUT2D eigenvalue weighted by Gasteiger charge is 2.45. The summed E-state index contributed by atoms with van der Waals surface area (Å²) < 4.78 is 10.8. The van der Waals surface area contributed by atoms with Crippen molar-refractivity contribution >= 4 is 11.6 Å². The van der Waals surface area contributed by atoms with E-state index in [2.05, 4.69) is 28.1 Å².